The standard InChI is InChI=1S/C46H28N2/c1-2-12-29(13-3-1)34-18-6-7-19-35(34)32-16-10-17-33(26-32)47-41-23-11-21-37-36-20-8-9-22-40(36)48-43-28-31-15-5-4-14-30(31)27-39(43)38-24-25-42(47)45(44(37)41)46(38)48/h1-28H. The number of benzene rings is 8. The lowest BCUT2D eigenvalue weighted by atomic mass is 9.94. The van der Waals surface area contributed by atoms with Gasteiger partial charge in [0.1, 0.15) is 0 Å². The number of nitrogens with zero attached hydrogens (tertiary/aromatic N) is 2. The Morgan fingerprint density at radius 1 is 0.333 bits per heavy atom. The van der Waals surface area contributed by atoms with Gasteiger partial charge < -0.3 is 8.97 Å². The van der Waals surface area contributed by atoms with Crippen molar-refractivity contribution < 1.29 is 0 Å². The van der Waals surface area contributed by atoms with E-state index in [2.05, 4.69) is 179 Å². The molecule has 8 aromatic carbocycles. The maximum absolute atomic E-state index is 2.53. The molecule has 0 unspecified atom stereocenters. The van der Waals surface area contributed by atoms with Crippen LogP contribution in [0.1, 0.15) is 0 Å². The number of fused-ring (bicyclic) bond motifs is 7. The lowest BCUT2D eigenvalue weighted by Crippen LogP contribution is -1.95. The molecule has 0 aliphatic heterocycles. The van der Waals surface area contributed by atoms with E-state index in [1.807, 2.05) is 0 Å². The third kappa shape index (κ3) is 3.41. The molecule has 0 radical (unpaired) electrons. The van der Waals surface area contributed by atoms with Crippen molar-refractivity contribution in [3.8, 4) is 27.9 Å². The van der Waals surface area contributed by atoms with Gasteiger partial charge in [-0.25, -0.2) is 0 Å². The average Bonchev–Trinajstić information content (AvgIpc) is 3.62. The summed E-state index contributed by atoms with van der Waals surface area (Å²) in [7, 11) is 0. The first-order valence-electron chi connectivity index (χ1n) is 16.6. The van der Waals surface area contributed by atoms with Crippen LogP contribution in [0.4, 0.5) is 0 Å². The van der Waals surface area contributed by atoms with Gasteiger partial charge in [-0.05, 0) is 80.9 Å². The molecule has 3 heterocycles. The fourth-order valence-corrected chi connectivity index (χ4v) is 8.40. The first-order valence-corrected chi connectivity index (χ1v) is 16.6. The largest absolute Gasteiger partial charge is 0.309 e. The van der Waals surface area contributed by atoms with Crippen LogP contribution in [0.15, 0.2) is 170 Å². The monoisotopic (exact) mass is 608 g/mol. The van der Waals surface area contributed by atoms with Gasteiger partial charge >= 0.3 is 0 Å². The zero-order chi connectivity index (χ0) is 31.3. The van der Waals surface area contributed by atoms with Crippen molar-refractivity contribution in [1.82, 2.24) is 8.97 Å². The molecule has 48 heavy (non-hydrogen) atoms. The highest BCUT2D eigenvalue weighted by Crippen LogP contribution is 2.46. The Hall–Kier alpha value is -6.38. The summed E-state index contributed by atoms with van der Waals surface area (Å²) in [5.41, 5.74) is 12.3. The number of aromatic nitrogens is 2. The molecular weight excluding hydrogens is 581 g/mol. The van der Waals surface area contributed by atoms with Crippen LogP contribution in [0.3, 0.4) is 0 Å². The molecule has 0 amide bonds. The minimum atomic E-state index is 1.16. The van der Waals surface area contributed by atoms with Crippen LogP contribution in [0.5, 0.6) is 0 Å². The van der Waals surface area contributed by atoms with Crippen LogP contribution >= 0.6 is 0 Å². The Labute approximate surface area is 276 Å². The van der Waals surface area contributed by atoms with Gasteiger partial charge in [-0.15, -0.1) is 0 Å². The topological polar surface area (TPSA) is 9.34 Å². The quantitative estimate of drug-likeness (QED) is 0.189. The second-order valence-corrected chi connectivity index (χ2v) is 12.9. The van der Waals surface area contributed by atoms with E-state index in [1.165, 1.54) is 92.9 Å². The van der Waals surface area contributed by atoms with Crippen LogP contribution in [0, 0.1) is 0 Å². The molecule has 2 heteroatoms. The first-order chi connectivity index (χ1) is 23.8. The van der Waals surface area contributed by atoms with E-state index in [0.29, 0.717) is 0 Å². The number of hydrogen-bond acceptors (Lipinski definition) is 0. The minimum Gasteiger partial charge on any atom is -0.309 e. The highest BCUT2D eigenvalue weighted by Gasteiger charge is 2.23. The van der Waals surface area contributed by atoms with Crippen molar-refractivity contribution in [3.05, 3.63) is 170 Å². The van der Waals surface area contributed by atoms with Gasteiger partial charge in [0.15, 0.2) is 0 Å². The fraction of sp³-hybridized carbons (Fsp3) is 0. The summed E-state index contributed by atoms with van der Waals surface area (Å²) < 4.78 is 5.01. The smallest absolute Gasteiger partial charge is 0.0641 e. The Morgan fingerprint density at radius 3 is 1.85 bits per heavy atom. The predicted molar refractivity (Wildman–Crippen MR) is 204 cm³/mol. The van der Waals surface area contributed by atoms with Crippen molar-refractivity contribution in [2.75, 3.05) is 0 Å². The van der Waals surface area contributed by atoms with Gasteiger partial charge in [0, 0.05) is 32.6 Å². The lowest BCUT2D eigenvalue weighted by Gasteiger charge is -2.13. The molecule has 0 saturated heterocycles. The normalized spacial score (nSPS) is 12.2. The van der Waals surface area contributed by atoms with Crippen molar-refractivity contribution in [2.45, 2.75) is 0 Å². The molecule has 0 atom stereocenters. The van der Waals surface area contributed by atoms with Crippen LogP contribution in [0.2, 0.25) is 0 Å². The Morgan fingerprint density at radius 2 is 0.979 bits per heavy atom. The summed E-state index contributed by atoms with van der Waals surface area (Å²) in [4.78, 5) is 0. The summed E-state index contributed by atoms with van der Waals surface area (Å²) in [6.45, 7) is 0. The van der Waals surface area contributed by atoms with Crippen LogP contribution in [0.25, 0.3) is 98.6 Å². The molecule has 222 valence electrons. The van der Waals surface area contributed by atoms with Gasteiger partial charge in [-0.2, -0.15) is 0 Å². The van der Waals surface area contributed by atoms with Gasteiger partial charge in [0.05, 0.1) is 27.6 Å². The number of hydrogen-bond donors (Lipinski definition) is 0. The van der Waals surface area contributed by atoms with Gasteiger partial charge in [-0.1, -0.05) is 127 Å². The molecule has 0 bridgehead atoms. The summed E-state index contributed by atoms with van der Waals surface area (Å²) in [5.74, 6) is 0. The molecule has 0 aliphatic rings. The van der Waals surface area contributed by atoms with E-state index in [4.69, 9.17) is 0 Å². The molecule has 0 N–H and O–H groups in total. The second kappa shape index (κ2) is 9.57. The van der Waals surface area contributed by atoms with Crippen molar-refractivity contribution in [1.29, 1.82) is 0 Å². The summed E-state index contributed by atoms with van der Waals surface area (Å²) in [6, 6.07) is 62.4. The lowest BCUT2D eigenvalue weighted by molar-refractivity contribution is 1.18. The fourth-order valence-electron chi connectivity index (χ4n) is 8.40. The van der Waals surface area contributed by atoms with Gasteiger partial charge in [-0.3, -0.25) is 0 Å². The van der Waals surface area contributed by atoms with E-state index in [1.54, 1.807) is 0 Å². The average molecular weight is 609 g/mol. The SMILES string of the molecule is c1ccc(-c2ccccc2-c2cccc(-n3c4cccc5c6ccccc6n6c7cc8ccccc8cc7c7ccc3c(c54)c76)c2)cc1. The molecule has 11 rings (SSSR count). The number of para-hydroxylation sites is 1. The molecule has 0 fully saturated rings. The Balaban J connectivity index is 1.29. The molecule has 2 nitrogen and oxygen atoms in total. The molecule has 3 aromatic heterocycles. The van der Waals surface area contributed by atoms with E-state index in [-0.39, 0.29) is 0 Å². The third-order valence-electron chi connectivity index (χ3n) is 10.4. The Kier molecular flexibility index (Phi) is 5.14. The van der Waals surface area contributed by atoms with E-state index in [0.717, 1.165) is 5.69 Å². The van der Waals surface area contributed by atoms with Crippen molar-refractivity contribution in [3.63, 3.8) is 0 Å². The molecule has 11 aromatic rings. The summed E-state index contributed by atoms with van der Waals surface area (Å²) >= 11 is 0. The van der Waals surface area contributed by atoms with Crippen molar-refractivity contribution in [2.24, 2.45) is 0 Å². The maximum Gasteiger partial charge on any atom is 0.0641 e. The highest BCUT2D eigenvalue weighted by molar-refractivity contribution is 6.33. The van der Waals surface area contributed by atoms with E-state index in [9.17, 15) is 0 Å². The van der Waals surface area contributed by atoms with Crippen molar-refractivity contribution >= 4 is 70.7 Å². The first kappa shape index (κ1) is 25.8. The highest BCUT2D eigenvalue weighted by atomic mass is 15.0. The zero-order valence-corrected chi connectivity index (χ0v) is 26.1. The van der Waals surface area contributed by atoms with Crippen LogP contribution in [-0.2, 0) is 0 Å². The zero-order valence-electron chi connectivity index (χ0n) is 26.1. The van der Waals surface area contributed by atoms with Gasteiger partial charge in [0.2, 0.25) is 0 Å². The molecule has 0 saturated carbocycles. The van der Waals surface area contributed by atoms with E-state index >= 15 is 0 Å². The number of rotatable bonds is 3. The van der Waals surface area contributed by atoms with Gasteiger partial charge in [0.25, 0.3) is 0 Å². The molecule has 0 spiro atoms. The molecule has 0 aliphatic carbocycles. The Bertz CT molecular complexity index is 3050. The summed E-state index contributed by atoms with van der Waals surface area (Å²) in [5, 5.41) is 10.3. The third-order valence-corrected chi connectivity index (χ3v) is 10.4. The van der Waals surface area contributed by atoms with E-state index < -0.39 is 0 Å². The second-order valence-electron chi connectivity index (χ2n) is 12.9. The molecular formula is C46H28N2. The maximum atomic E-state index is 2.53. The van der Waals surface area contributed by atoms with Crippen LogP contribution < -0.4 is 0 Å². The predicted octanol–water partition coefficient (Wildman–Crippen LogP) is 12.4. The minimum absolute atomic E-state index is 1.16. The summed E-state index contributed by atoms with van der Waals surface area (Å²) in [6.07, 6.45) is 0. The van der Waals surface area contributed by atoms with Crippen LogP contribution in [-0.4, -0.2) is 8.97 Å².